The van der Waals surface area contributed by atoms with Gasteiger partial charge in [0.05, 0.1) is 0 Å². The molecule has 2 rings (SSSR count). The second-order valence-electron chi connectivity index (χ2n) is 6.02. The number of carbonyl (C=O) groups is 1. The molecule has 0 fully saturated rings. The molecule has 0 saturated carbocycles. The quantitative estimate of drug-likeness (QED) is 0.575. The van der Waals surface area contributed by atoms with E-state index in [0.717, 1.165) is 37.3 Å². The fourth-order valence-corrected chi connectivity index (χ4v) is 2.57. The maximum absolute atomic E-state index is 11.7. The lowest BCUT2D eigenvalue weighted by molar-refractivity contribution is -0.121. The summed E-state index contributed by atoms with van der Waals surface area (Å²) >= 11 is 5.31. The number of aromatic amines is 1. The molecule has 0 radical (unpaired) electrons. The summed E-state index contributed by atoms with van der Waals surface area (Å²) in [7, 11) is 0. The van der Waals surface area contributed by atoms with Crippen LogP contribution in [0.15, 0.2) is 30.3 Å². The van der Waals surface area contributed by atoms with E-state index in [1.807, 2.05) is 34.9 Å². The van der Waals surface area contributed by atoms with E-state index in [1.54, 1.807) is 0 Å². The van der Waals surface area contributed by atoms with Gasteiger partial charge in [-0.1, -0.05) is 32.0 Å². The zero-order valence-electron chi connectivity index (χ0n) is 13.7. The largest absolute Gasteiger partial charge is 0.356 e. The number of nitrogens with zero attached hydrogens (tertiary/aromatic N) is 2. The van der Waals surface area contributed by atoms with Gasteiger partial charge in [0, 0.05) is 25.1 Å². The number of amides is 1. The first kappa shape index (κ1) is 17.4. The van der Waals surface area contributed by atoms with Gasteiger partial charge in [-0.15, -0.1) is 0 Å². The lowest BCUT2D eigenvalue weighted by Crippen LogP contribution is -2.26. The Morgan fingerprint density at radius 2 is 2.04 bits per heavy atom. The van der Waals surface area contributed by atoms with Gasteiger partial charge in [0.2, 0.25) is 5.91 Å². The van der Waals surface area contributed by atoms with Gasteiger partial charge in [0.25, 0.3) is 0 Å². The average Bonchev–Trinajstić information content (AvgIpc) is 2.91. The summed E-state index contributed by atoms with van der Waals surface area (Å²) in [5, 5.41) is 10.1. The number of carbonyl (C=O) groups excluding carboxylic acids is 1. The van der Waals surface area contributed by atoms with Crippen LogP contribution in [-0.4, -0.2) is 27.2 Å². The first-order chi connectivity index (χ1) is 11.1. The van der Waals surface area contributed by atoms with Crippen molar-refractivity contribution in [3.05, 3.63) is 40.9 Å². The van der Waals surface area contributed by atoms with E-state index in [2.05, 4.69) is 29.4 Å². The van der Waals surface area contributed by atoms with Crippen LogP contribution >= 0.6 is 12.2 Å². The number of H-pyrrole nitrogens is 1. The molecule has 0 aliphatic carbocycles. The SMILES string of the molecule is CC(C)CNC(=O)CCCCc1n[nH]c(=S)n1-c1ccccc1. The molecule has 2 aromatic rings. The Morgan fingerprint density at radius 1 is 1.30 bits per heavy atom. The highest BCUT2D eigenvalue weighted by atomic mass is 32.1. The predicted octanol–water partition coefficient (Wildman–Crippen LogP) is 3.41. The van der Waals surface area contributed by atoms with Gasteiger partial charge in [-0.3, -0.25) is 14.5 Å². The minimum absolute atomic E-state index is 0.126. The molecular formula is C17H24N4OS. The lowest BCUT2D eigenvalue weighted by atomic mass is 10.1. The van der Waals surface area contributed by atoms with Crippen molar-refractivity contribution in [1.82, 2.24) is 20.1 Å². The number of aromatic nitrogens is 3. The molecule has 0 spiro atoms. The van der Waals surface area contributed by atoms with Gasteiger partial charge >= 0.3 is 0 Å². The Hall–Kier alpha value is -1.95. The van der Waals surface area contributed by atoms with Crippen LogP contribution < -0.4 is 5.32 Å². The van der Waals surface area contributed by atoms with Crippen molar-refractivity contribution in [2.45, 2.75) is 39.5 Å². The zero-order chi connectivity index (χ0) is 16.7. The molecule has 0 atom stereocenters. The summed E-state index contributed by atoms with van der Waals surface area (Å²) in [6.45, 7) is 4.92. The molecule has 1 aromatic heterocycles. The Balaban J connectivity index is 1.86. The summed E-state index contributed by atoms with van der Waals surface area (Å²) < 4.78 is 2.55. The molecule has 0 unspecified atom stereocenters. The van der Waals surface area contributed by atoms with Crippen LogP contribution in [0.4, 0.5) is 0 Å². The highest BCUT2D eigenvalue weighted by Crippen LogP contribution is 2.13. The molecule has 6 heteroatoms. The molecule has 0 bridgehead atoms. The highest BCUT2D eigenvalue weighted by molar-refractivity contribution is 7.71. The van der Waals surface area contributed by atoms with Gasteiger partial charge in [-0.2, -0.15) is 5.10 Å². The van der Waals surface area contributed by atoms with Crippen LogP contribution in [0.2, 0.25) is 0 Å². The van der Waals surface area contributed by atoms with Crippen LogP contribution in [0.25, 0.3) is 5.69 Å². The Labute approximate surface area is 142 Å². The number of para-hydroxylation sites is 1. The van der Waals surface area contributed by atoms with Crippen LogP contribution in [-0.2, 0) is 11.2 Å². The number of hydrogen-bond donors (Lipinski definition) is 2. The number of benzene rings is 1. The highest BCUT2D eigenvalue weighted by Gasteiger charge is 2.08. The number of aryl methyl sites for hydroxylation is 1. The van der Waals surface area contributed by atoms with Crippen molar-refractivity contribution < 1.29 is 4.79 Å². The summed E-state index contributed by atoms with van der Waals surface area (Å²) in [6.07, 6.45) is 3.10. The third-order valence-electron chi connectivity index (χ3n) is 3.52. The number of unbranched alkanes of at least 4 members (excludes halogenated alkanes) is 1. The van der Waals surface area contributed by atoms with Crippen LogP contribution in [0, 0.1) is 10.7 Å². The van der Waals surface area contributed by atoms with E-state index in [-0.39, 0.29) is 5.91 Å². The van der Waals surface area contributed by atoms with Crippen molar-refractivity contribution in [1.29, 1.82) is 0 Å². The Morgan fingerprint density at radius 3 is 2.74 bits per heavy atom. The standard InChI is InChI=1S/C17H24N4OS/c1-13(2)12-18-16(22)11-7-6-10-15-19-20-17(23)21(15)14-8-4-3-5-9-14/h3-5,8-9,13H,6-7,10-12H2,1-2H3,(H,18,22)(H,20,23). The molecule has 23 heavy (non-hydrogen) atoms. The second-order valence-corrected chi connectivity index (χ2v) is 6.41. The number of nitrogens with one attached hydrogen (secondary N) is 2. The number of hydrogen-bond acceptors (Lipinski definition) is 3. The smallest absolute Gasteiger partial charge is 0.220 e. The first-order valence-electron chi connectivity index (χ1n) is 8.06. The summed E-state index contributed by atoms with van der Waals surface area (Å²) in [6, 6.07) is 9.95. The van der Waals surface area contributed by atoms with Crippen molar-refractivity contribution in [3.8, 4) is 5.69 Å². The minimum Gasteiger partial charge on any atom is -0.356 e. The molecule has 1 amide bonds. The Kier molecular flexibility index (Phi) is 6.52. The van der Waals surface area contributed by atoms with Crippen LogP contribution in [0.3, 0.4) is 0 Å². The van der Waals surface area contributed by atoms with Gasteiger partial charge in [0.15, 0.2) is 4.77 Å². The predicted molar refractivity (Wildman–Crippen MR) is 94.2 cm³/mol. The molecule has 0 aliphatic rings. The van der Waals surface area contributed by atoms with E-state index in [4.69, 9.17) is 12.2 Å². The summed E-state index contributed by atoms with van der Waals surface area (Å²) in [5.74, 6) is 1.52. The normalized spacial score (nSPS) is 10.9. The molecule has 2 N–H and O–H groups in total. The van der Waals surface area contributed by atoms with E-state index in [9.17, 15) is 4.79 Å². The molecule has 5 nitrogen and oxygen atoms in total. The van der Waals surface area contributed by atoms with E-state index < -0.39 is 0 Å². The van der Waals surface area contributed by atoms with Gasteiger partial charge in [-0.25, -0.2) is 0 Å². The fourth-order valence-electron chi connectivity index (χ4n) is 2.32. The van der Waals surface area contributed by atoms with Crippen LogP contribution in [0.1, 0.15) is 38.9 Å². The van der Waals surface area contributed by atoms with Gasteiger partial charge < -0.3 is 5.32 Å². The van der Waals surface area contributed by atoms with Crippen molar-refractivity contribution in [3.63, 3.8) is 0 Å². The second kappa shape index (κ2) is 8.62. The van der Waals surface area contributed by atoms with Gasteiger partial charge in [-0.05, 0) is 43.1 Å². The average molecular weight is 332 g/mol. The monoisotopic (exact) mass is 332 g/mol. The molecule has 1 heterocycles. The molecule has 0 saturated heterocycles. The molecule has 1 aromatic carbocycles. The number of rotatable bonds is 8. The molecule has 124 valence electrons. The van der Waals surface area contributed by atoms with Crippen molar-refractivity contribution >= 4 is 18.1 Å². The maximum atomic E-state index is 11.7. The Bertz CT molecular complexity index is 675. The van der Waals surface area contributed by atoms with Crippen molar-refractivity contribution in [2.24, 2.45) is 5.92 Å². The third kappa shape index (κ3) is 5.32. The zero-order valence-corrected chi connectivity index (χ0v) is 14.5. The summed E-state index contributed by atoms with van der Waals surface area (Å²) in [5.41, 5.74) is 1.01. The molecular weight excluding hydrogens is 308 g/mol. The topological polar surface area (TPSA) is 62.7 Å². The van der Waals surface area contributed by atoms with Crippen LogP contribution in [0.5, 0.6) is 0 Å². The minimum atomic E-state index is 0.126. The third-order valence-corrected chi connectivity index (χ3v) is 3.79. The van der Waals surface area contributed by atoms with Gasteiger partial charge in [0.1, 0.15) is 5.82 Å². The van der Waals surface area contributed by atoms with E-state index in [0.29, 0.717) is 17.1 Å². The molecule has 0 aliphatic heterocycles. The summed E-state index contributed by atoms with van der Waals surface area (Å²) in [4.78, 5) is 11.7. The van der Waals surface area contributed by atoms with E-state index >= 15 is 0 Å². The lowest BCUT2D eigenvalue weighted by Gasteiger charge is -2.08. The fraction of sp³-hybridized carbons (Fsp3) is 0.471. The maximum Gasteiger partial charge on any atom is 0.220 e. The van der Waals surface area contributed by atoms with E-state index in [1.165, 1.54) is 0 Å². The van der Waals surface area contributed by atoms with Crippen molar-refractivity contribution in [2.75, 3.05) is 6.54 Å². The first-order valence-corrected chi connectivity index (χ1v) is 8.47.